The van der Waals surface area contributed by atoms with E-state index in [2.05, 4.69) is 5.32 Å². The Labute approximate surface area is 59.9 Å². The zero-order valence-electron chi connectivity index (χ0n) is 5.01. The molecule has 0 aromatic carbocycles. The Morgan fingerprint density at radius 3 is 2.44 bits per heavy atom. The minimum Gasteiger partial charge on any atom is -0.396 e. The van der Waals surface area contributed by atoms with Crippen LogP contribution >= 0.6 is 12.4 Å². The molecule has 0 bridgehead atoms. The van der Waals surface area contributed by atoms with Gasteiger partial charge < -0.3 is 10.4 Å². The lowest BCUT2D eigenvalue weighted by molar-refractivity contribution is 0.175. The molecule has 0 aliphatic carbocycles. The van der Waals surface area contributed by atoms with E-state index in [0.717, 1.165) is 0 Å². The van der Waals surface area contributed by atoms with Gasteiger partial charge in [0.25, 0.3) is 0 Å². The van der Waals surface area contributed by atoms with Crippen LogP contribution in [0, 0.1) is 5.92 Å². The number of halogens is 2. The molecular weight excluding hydrogens is 145 g/mol. The van der Waals surface area contributed by atoms with Crippen LogP contribution in [0.3, 0.4) is 0 Å². The van der Waals surface area contributed by atoms with Crippen molar-refractivity contribution in [3.05, 3.63) is 0 Å². The van der Waals surface area contributed by atoms with Crippen molar-refractivity contribution in [3.63, 3.8) is 0 Å². The summed E-state index contributed by atoms with van der Waals surface area (Å²) in [4.78, 5) is 0. The first-order valence-corrected chi connectivity index (χ1v) is 2.80. The van der Waals surface area contributed by atoms with Crippen LogP contribution in [0.1, 0.15) is 0 Å². The highest BCUT2D eigenvalue weighted by Crippen LogP contribution is 2.10. The summed E-state index contributed by atoms with van der Waals surface area (Å²) in [7, 11) is 0. The smallest absolute Gasteiger partial charge is 0.119 e. The summed E-state index contributed by atoms with van der Waals surface area (Å²) >= 11 is 0. The van der Waals surface area contributed by atoms with Crippen LogP contribution in [0.5, 0.6) is 0 Å². The Morgan fingerprint density at radius 1 is 1.56 bits per heavy atom. The molecule has 1 saturated heterocycles. The molecule has 1 heterocycles. The molecule has 0 aromatic rings. The van der Waals surface area contributed by atoms with E-state index in [1.54, 1.807) is 0 Å². The summed E-state index contributed by atoms with van der Waals surface area (Å²) in [5, 5.41) is 11.3. The lowest BCUT2D eigenvalue weighted by atomic mass is 10.1. The van der Waals surface area contributed by atoms with E-state index in [4.69, 9.17) is 5.11 Å². The second-order valence-electron chi connectivity index (χ2n) is 2.12. The monoisotopic (exact) mass is 155 g/mol. The SMILES string of the molecule is Cl.OC[C@@H]1CNC[C@H]1F. The first-order chi connectivity index (χ1) is 3.84. The minimum atomic E-state index is -0.833. The molecule has 0 spiro atoms. The van der Waals surface area contributed by atoms with E-state index >= 15 is 0 Å². The molecule has 2 N–H and O–H groups in total. The predicted octanol–water partition coefficient (Wildman–Crippen LogP) is -0.0420. The van der Waals surface area contributed by atoms with Crippen molar-refractivity contribution in [2.45, 2.75) is 6.17 Å². The van der Waals surface area contributed by atoms with Gasteiger partial charge in [-0.2, -0.15) is 0 Å². The van der Waals surface area contributed by atoms with Crippen molar-refractivity contribution < 1.29 is 9.50 Å². The van der Waals surface area contributed by atoms with E-state index in [9.17, 15) is 4.39 Å². The molecular formula is C5H11ClFNO. The molecule has 0 saturated carbocycles. The molecule has 0 radical (unpaired) electrons. The third-order valence-corrected chi connectivity index (χ3v) is 1.49. The van der Waals surface area contributed by atoms with Gasteiger partial charge in [0.15, 0.2) is 0 Å². The zero-order valence-corrected chi connectivity index (χ0v) is 5.83. The van der Waals surface area contributed by atoms with Crippen LogP contribution in [-0.2, 0) is 0 Å². The highest BCUT2D eigenvalue weighted by Gasteiger charge is 2.25. The van der Waals surface area contributed by atoms with Crippen molar-refractivity contribution in [3.8, 4) is 0 Å². The van der Waals surface area contributed by atoms with Crippen LogP contribution in [0.25, 0.3) is 0 Å². The fraction of sp³-hybridized carbons (Fsp3) is 1.00. The van der Waals surface area contributed by atoms with Crippen molar-refractivity contribution in [2.24, 2.45) is 5.92 Å². The minimum absolute atomic E-state index is 0. The summed E-state index contributed by atoms with van der Waals surface area (Å²) in [5.74, 6) is -0.157. The average molecular weight is 156 g/mol. The van der Waals surface area contributed by atoms with Crippen molar-refractivity contribution in [1.82, 2.24) is 5.32 Å². The summed E-state index contributed by atoms with van der Waals surface area (Å²) in [6.45, 7) is 0.997. The number of rotatable bonds is 1. The summed E-state index contributed by atoms with van der Waals surface area (Å²) in [6.07, 6.45) is -0.833. The average Bonchev–Trinajstić information content (AvgIpc) is 2.14. The van der Waals surface area contributed by atoms with Gasteiger partial charge in [-0.1, -0.05) is 0 Å². The summed E-state index contributed by atoms with van der Waals surface area (Å²) in [6, 6.07) is 0. The fourth-order valence-corrected chi connectivity index (χ4v) is 0.880. The van der Waals surface area contributed by atoms with Crippen molar-refractivity contribution in [2.75, 3.05) is 19.7 Å². The molecule has 4 heteroatoms. The maximum Gasteiger partial charge on any atom is 0.119 e. The normalized spacial score (nSPS) is 34.0. The van der Waals surface area contributed by atoms with Gasteiger partial charge in [0.05, 0.1) is 0 Å². The maximum absolute atomic E-state index is 12.4. The lowest BCUT2D eigenvalue weighted by Gasteiger charge is -2.04. The second-order valence-corrected chi connectivity index (χ2v) is 2.12. The van der Waals surface area contributed by atoms with Crippen LogP contribution in [0.15, 0.2) is 0 Å². The van der Waals surface area contributed by atoms with Gasteiger partial charge in [0.1, 0.15) is 6.17 Å². The predicted molar refractivity (Wildman–Crippen MR) is 35.6 cm³/mol. The van der Waals surface area contributed by atoms with E-state index in [1.165, 1.54) is 0 Å². The van der Waals surface area contributed by atoms with Gasteiger partial charge in [-0.3, -0.25) is 0 Å². The van der Waals surface area contributed by atoms with Crippen molar-refractivity contribution >= 4 is 12.4 Å². The number of aliphatic hydroxyl groups is 1. The maximum atomic E-state index is 12.4. The third kappa shape index (κ3) is 2.08. The van der Waals surface area contributed by atoms with E-state index in [0.29, 0.717) is 13.1 Å². The van der Waals surface area contributed by atoms with E-state index in [-0.39, 0.29) is 24.9 Å². The number of aliphatic hydroxyl groups excluding tert-OH is 1. The molecule has 0 unspecified atom stereocenters. The van der Waals surface area contributed by atoms with Crippen LogP contribution in [0.2, 0.25) is 0 Å². The van der Waals surface area contributed by atoms with Gasteiger partial charge >= 0.3 is 0 Å². The van der Waals surface area contributed by atoms with Gasteiger partial charge in [-0.05, 0) is 0 Å². The van der Waals surface area contributed by atoms with Crippen LogP contribution in [0.4, 0.5) is 4.39 Å². The summed E-state index contributed by atoms with van der Waals surface area (Å²) < 4.78 is 12.4. The molecule has 56 valence electrons. The largest absolute Gasteiger partial charge is 0.396 e. The summed E-state index contributed by atoms with van der Waals surface area (Å²) in [5.41, 5.74) is 0. The standard InChI is InChI=1S/C5H10FNO.ClH/c6-5-2-7-1-4(5)3-8;/h4-5,7-8H,1-3H2;1H/t4-,5+;/m0./s1. The molecule has 1 fully saturated rings. The highest BCUT2D eigenvalue weighted by atomic mass is 35.5. The zero-order chi connectivity index (χ0) is 5.98. The van der Waals surface area contributed by atoms with Gasteiger partial charge in [-0.15, -0.1) is 12.4 Å². The van der Waals surface area contributed by atoms with E-state index in [1.807, 2.05) is 0 Å². The molecule has 1 rings (SSSR count). The van der Waals surface area contributed by atoms with Crippen LogP contribution < -0.4 is 5.32 Å². The lowest BCUT2D eigenvalue weighted by Crippen LogP contribution is -2.16. The fourth-order valence-electron chi connectivity index (χ4n) is 0.880. The Balaban J connectivity index is 0.000000640. The highest BCUT2D eigenvalue weighted by molar-refractivity contribution is 5.85. The molecule has 2 nitrogen and oxygen atoms in total. The van der Waals surface area contributed by atoms with Crippen molar-refractivity contribution in [1.29, 1.82) is 0 Å². The molecule has 2 atom stereocenters. The first-order valence-electron chi connectivity index (χ1n) is 2.80. The number of nitrogens with one attached hydrogen (secondary N) is 1. The first kappa shape index (κ1) is 9.14. The Bertz CT molecular complexity index is 83.4. The van der Waals surface area contributed by atoms with E-state index < -0.39 is 6.17 Å². The van der Waals surface area contributed by atoms with Gasteiger partial charge in [-0.25, -0.2) is 4.39 Å². The Kier molecular flexibility index (Phi) is 4.10. The molecule has 9 heavy (non-hydrogen) atoms. The Morgan fingerprint density at radius 2 is 2.22 bits per heavy atom. The quantitative estimate of drug-likeness (QED) is 0.557. The number of alkyl halides is 1. The topological polar surface area (TPSA) is 32.3 Å². The molecule has 0 aromatic heterocycles. The molecule has 1 aliphatic heterocycles. The Hall–Kier alpha value is 0.140. The molecule has 1 aliphatic rings. The number of hydrogen-bond acceptors (Lipinski definition) is 2. The van der Waals surface area contributed by atoms with Gasteiger partial charge in [0, 0.05) is 25.6 Å². The van der Waals surface area contributed by atoms with Crippen LogP contribution in [-0.4, -0.2) is 31.0 Å². The van der Waals surface area contributed by atoms with Gasteiger partial charge in [0.2, 0.25) is 0 Å². The molecule has 0 amide bonds. The third-order valence-electron chi connectivity index (χ3n) is 1.49. The number of hydrogen-bond donors (Lipinski definition) is 2. The second kappa shape index (κ2) is 4.04.